The van der Waals surface area contributed by atoms with Crippen LogP contribution in [0.5, 0.6) is 0 Å². The van der Waals surface area contributed by atoms with Crippen LogP contribution in [-0.2, 0) is 20.9 Å². The van der Waals surface area contributed by atoms with Crippen molar-refractivity contribution < 1.29 is 14.4 Å². The standard InChI is InChI=1S/C26H40N4O3/c1-19-6-8-20(9-7-19)15-30-16-22(14-23(30)31)25(33)29-12-10-21(11-13-29)24(32)27-17-26(2,3)18-28(4)5/h6-9,21-22H,10-18H2,1-5H3,(H,27,32). The van der Waals surface area contributed by atoms with E-state index in [0.717, 1.165) is 12.1 Å². The first kappa shape index (κ1) is 25.2. The topological polar surface area (TPSA) is 73.0 Å². The first-order valence-electron chi connectivity index (χ1n) is 12.1. The van der Waals surface area contributed by atoms with Crippen LogP contribution in [0.2, 0.25) is 0 Å². The fraction of sp³-hybridized carbons (Fsp3) is 0.654. The fourth-order valence-electron chi connectivity index (χ4n) is 5.01. The summed E-state index contributed by atoms with van der Waals surface area (Å²) >= 11 is 0. The Morgan fingerprint density at radius 2 is 1.73 bits per heavy atom. The van der Waals surface area contributed by atoms with E-state index in [4.69, 9.17) is 0 Å². The zero-order chi connectivity index (χ0) is 24.2. The lowest BCUT2D eigenvalue weighted by molar-refractivity contribution is -0.139. The van der Waals surface area contributed by atoms with Gasteiger partial charge in [-0.25, -0.2) is 0 Å². The molecule has 2 fully saturated rings. The van der Waals surface area contributed by atoms with Gasteiger partial charge >= 0.3 is 0 Å². The van der Waals surface area contributed by atoms with Gasteiger partial charge in [-0.15, -0.1) is 0 Å². The number of likely N-dealkylation sites (tertiary alicyclic amines) is 2. The molecule has 0 aromatic heterocycles. The molecular weight excluding hydrogens is 416 g/mol. The van der Waals surface area contributed by atoms with E-state index in [9.17, 15) is 14.4 Å². The highest BCUT2D eigenvalue weighted by Gasteiger charge is 2.38. The third-order valence-corrected chi connectivity index (χ3v) is 6.72. The molecule has 3 amide bonds. The van der Waals surface area contributed by atoms with Crippen molar-refractivity contribution in [2.45, 2.75) is 46.6 Å². The minimum Gasteiger partial charge on any atom is -0.355 e. The van der Waals surface area contributed by atoms with Gasteiger partial charge < -0.3 is 20.0 Å². The third kappa shape index (κ3) is 7.03. The molecule has 1 N–H and O–H groups in total. The Kier molecular flexibility index (Phi) is 8.16. The minimum atomic E-state index is -0.278. The van der Waals surface area contributed by atoms with Crippen molar-refractivity contribution in [1.29, 1.82) is 0 Å². The zero-order valence-electron chi connectivity index (χ0n) is 20.9. The maximum atomic E-state index is 13.1. The minimum absolute atomic E-state index is 0.00922. The van der Waals surface area contributed by atoms with Crippen LogP contribution in [0.15, 0.2) is 24.3 Å². The van der Waals surface area contributed by atoms with Crippen LogP contribution in [0.4, 0.5) is 0 Å². The summed E-state index contributed by atoms with van der Waals surface area (Å²) < 4.78 is 0. The van der Waals surface area contributed by atoms with Gasteiger partial charge in [0.2, 0.25) is 17.7 Å². The molecule has 33 heavy (non-hydrogen) atoms. The normalized spacial score (nSPS) is 19.9. The second-order valence-electron chi connectivity index (χ2n) is 10.9. The molecule has 2 heterocycles. The predicted molar refractivity (Wildman–Crippen MR) is 129 cm³/mol. The van der Waals surface area contributed by atoms with Crippen molar-refractivity contribution >= 4 is 17.7 Å². The lowest BCUT2D eigenvalue weighted by Crippen LogP contribution is -2.47. The highest BCUT2D eigenvalue weighted by atomic mass is 16.2. The van der Waals surface area contributed by atoms with Gasteiger partial charge in [0.25, 0.3) is 0 Å². The SMILES string of the molecule is Cc1ccc(CN2CC(C(=O)N3CCC(C(=O)NCC(C)(C)CN(C)C)CC3)CC2=O)cc1. The number of carbonyl (C=O) groups excluding carboxylic acids is 3. The number of hydrogen-bond acceptors (Lipinski definition) is 4. The van der Waals surface area contributed by atoms with Crippen LogP contribution in [0.25, 0.3) is 0 Å². The van der Waals surface area contributed by atoms with E-state index in [1.807, 2.05) is 50.2 Å². The Morgan fingerprint density at radius 3 is 2.33 bits per heavy atom. The molecule has 1 unspecified atom stereocenters. The van der Waals surface area contributed by atoms with Gasteiger partial charge in [-0.05, 0) is 44.8 Å². The van der Waals surface area contributed by atoms with Crippen LogP contribution < -0.4 is 5.32 Å². The van der Waals surface area contributed by atoms with Crippen molar-refractivity contribution in [2.75, 3.05) is 46.8 Å². The molecule has 0 bridgehead atoms. The van der Waals surface area contributed by atoms with Crippen molar-refractivity contribution in [2.24, 2.45) is 17.3 Å². The van der Waals surface area contributed by atoms with Crippen LogP contribution in [-0.4, -0.2) is 79.2 Å². The number of carbonyl (C=O) groups is 3. The van der Waals surface area contributed by atoms with E-state index in [2.05, 4.69) is 24.1 Å². The van der Waals surface area contributed by atoms with Crippen molar-refractivity contribution in [1.82, 2.24) is 20.0 Å². The highest BCUT2D eigenvalue weighted by molar-refractivity contribution is 5.89. The Balaban J connectivity index is 1.45. The molecule has 0 radical (unpaired) electrons. The number of nitrogens with one attached hydrogen (secondary N) is 1. The quantitative estimate of drug-likeness (QED) is 0.652. The van der Waals surface area contributed by atoms with E-state index >= 15 is 0 Å². The van der Waals surface area contributed by atoms with Crippen LogP contribution in [0, 0.1) is 24.2 Å². The number of nitrogens with zero attached hydrogens (tertiary/aromatic N) is 3. The summed E-state index contributed by atoms with van der Waals surface area (Å²) in [5.41, 5.74) is 2.28. The summed E-state index contributed by atoms with van der Waals surface area (Å²) in [5.74, 6) is -0.133. The molecule has 0 spiro atoms. The van der Waals surface area contributed by atoms with E-state index in [1.54, 1.807) is 4.90 Å². The molecule has 3 rings (SSSR count). The second-order valence-corrected chi connectivity index (χ2v) is 10.9. The third-order valence-electron chi connectivity index (χ3n) is 6.72. The number of benzene rings is 1. The smallest absolute Gasteiger partial charge is 0.227 e. The predicted octanol–water partition coefficient (Wildman–Crippen LogP) is 2.29. The maximum absolute atomic E-state index is 13.1. The first-order valence-corrected chi connectivity index (χ1v) is 12.1. The zero-order valence-corrected chi connectivity index (χ0v) is 20.9. The number of rotatable bonds is 8. The van der Waals surface area contributed by atoms with E-state index in [-0.39, 0.29) is 41.4 Å². The average molecular weight is 457 g/mol. The van der Waals surface area contributed by atoms with Gasteiger partial charge in [-0.1, -0.05) is 43.7 Å². The summed E-state index contributed by atoms with van der Waals surface area (Å²) in [6, 6.07) is 8.16. The molecule has 0 aliphatic carbocycles. The Labute approximate surface area is 198 Å². The molecule has 182 valence electrons. The summed E-state index contributed by atoms with van der Waals surface area (Å²) in [6.45, 7) is 10.1. The number of hydrogen-bond donors (Lipinski definition) is 1. The first-order chi connectivity index (χ1) is 15.5. The van der Waals surface area contributed by atoms with Crippen molar-refractivity contribution in [3.8, 4) is 0 Å². The lowest BCUT2D eigenvalue weighted by Gasteiger charge is -2.34. The molecule has 0 saturated carbocycles. The molecule has 2 aliphatic rings. The number of aryl methyl sites for hydroxylation is 1. The van der Waals surface area contributed by atoms with E-state index < -0.39 is 0 Å². The van der Waals surface area contributed by atoms with Gasteiger partial charge in [0.1, 0.15) is 0 Å². The molecule has 7 nitrogen and oxygen atoms in total. The Bertz CT molecular complexity index is 842. The molecule has 2 saturated heterocycles. The van der Waals surface area contributed by atoms with Crippen LogP contribution in [0.3, 0.4) is 0 Å². The largest absolute Gasteiger partial charge is 0.355 e. The van der Waals surface area contributed by atoms with Gasteiger partial charge in [-0.2, -0.15) is 0 Å². The summed E-state index contributed by atoms with van der Waals surface area (Å²) in [5, 5.41) is 3.12. The van der Waals surface area contributed by atoms with E-state index in [1.165, 1.54) is 5.56 Å². The molecule has 1 aromatic rings. The number of piperidine rings is 1. The summed E-state index contributed by atoms with van der Waals surface area (Å²) in [7, 11) is 4.08. The molecule has 2 aliphatic heterocycles. The highest BCUT2D eigenvalue weighted by Crippen LogP contribution is 2.26. The Hall–Kier alpha value is -2.41. The molecule has 1 atom stereocenters. The molecular formula is C26H40N4O3. The van der Waals surface area contributed by atoms with Gasteiger partial charge in [-0.3, -0.25) is 14.4 Å². The van der Waals surface area contributed by atoms with Gasteiger partial charge in [0.05, 0.1) is 5.92 Å². The number of amides is 3. The van der Waals surface area contributed by atoms with Crippen LogP contribution >= 0.6 is 0 Å². The fourth-order valence-corrected chi connectivity index (χ4v) is 5.01. The summed E-state index contributed by atoms with van der Waals surface area (Å²) in [4.78, 5) is 44.0. The van der Waals surface area contributed by atoms with E-state index in [0.29, 0.717) is 45.6 Å². The van der Waals surface area contributed by atoms with Crippen molar-refractivity contribution in [3.63, 3.8) is 0 Å². The summed E-state index contributed by atoms with van der Waals surface area (Å²) in [6.07, 6.45) is 1.64. The van der Waals surface area contributed by atoms with Crippen molar-refractivity contribution in [3.05, 3.63) is 35.4 Å². The molecule has 7 heteroatoms. The average Bonchev–Trinajstić information content (AvgIpc) is 3.12. The van der Waals surface area contributed by atoms with Gasteiger partial charge in [0.15, 0.2) is 0 Å². The van der Waals surface area contributed by atoms with Gasteiger partial charge in [0, 0.05) is 51.6 Å². The second kappa shape index (κ2) is 10.7. The molecule has 1 aromatic carbocycles. The lowest BCUT2D eigenvalue weighted by atomic mass is 9.91. The van der Waals surface area contributed by atoms with Crippen LogP contribution in [0.1, 0.15) is 44.2 Å². The maximum Gasteiger partial charge on any atom is 0.227 e. The monoisotopic (exact) mass is 456 g/mol. The Morgan fingerprint density at radius 1 is 1.09 bits per heavy atom.